The highest BCUT2D eigenvalue weighted by atomic mass is 16.7. The smallest absolute Gasteiger partial charge is 0.172 e. The minimum Gasteiger partial charge on any atom is -0.394 e. The number of carbonyl (C=O) groups is 1. The number of rotatable bonds is 1. The summed E-state index contributed by atoms with van der Waals surface area (Å²) in [5.74, 6) is 3.90. The largest absolute Gasteiger partial charge is 0.394 e. The molecule has 216 valence electrons. The van der Waals surface area contributed by atoms with Crippen LogP contribution in [0.25, 0.3) is 0 Å². The lowest BCUT2D eigenvalue weighted by atomic mass is 9.65. The van der Waals surface area contributed by atoms with Gasteiger partial charge in [-0.1, -0.05) is 69.2 Å². The molecule has 2 N–H and O–H groups in total. The van der Waals surface area contributed by atoms with E-state index in [9.17, 15) is 4.79 Å². The monoisotopic (exact) mass is 522 g/mol. The molecule has 4 saturated carbocycles. The topological polar surface area (TPSA) is 76.0 Å². The molecule has 37 heavy (non-hydrogen) atoms. The molecule has 0 aromatic heterocycles. The van der Waals surface area contributed by atoms with Gasteiger partial charge in [0.1, 0.15) is 5.78 Å². The first-order valence-corrected chi connectivity index (χ1v) is 15.1. The molecule has 5 aliphatic rings. The summed E-state index contributed by atoms with van der Waals surface area (Å²) in [4.78, 5) is 12.1. The molecule has 0 radical (unpaired) electrons. The van der Waals surface area contributed by atoms with E-state index in [0.29, 0.717) is 51.6 Å². The van der Waals surface area contributed by atoms with Gasteiger partial charge in [-0.3, -0.25) is 4.79 Å². The van der Waals surface area contributed by atoms with Crippen molar-refractivity contribution in [2.45, 2.75) is 114 Å². The second kappa shape index (κ2) is 10.8. The molecule has 1 spiro atoms. The minimum absolute atomic E-state index is 0.125. The summed E-state index contributed by atoms with van der Waals surface area (Å²) in [6, 6.07) is 0. The van der Waals surface area contributed by atoms with Gasteiger partial charge in [-0.15, -0.1) is 0 Å². The van der Waals surface area contributed by atoms with Gasteiger partial charge in [0.05, 0.1) is 26.4 Å². The van der Waals surface area contributed by atoms with E-state index in [4.69, 9.17) is 19.7 Å². The van der Waals surface area contributed by atoms with Gasteiger partial charge >= 0.3 is 0 Å². The maximum atomic E-state index is 12.1. The van der Waals surface area contributed by atoms with E-state index < -0.39 is 0 Å². The van der Waals surface area contributed by atoms with Crippen molar-refractivity contribution >= 4 is 5.78 Å². The van der Waals surface area contributed by atoms with Gasteiger partial charge in [0.2, 0.25) is 0 Å². The molecule has 5 nitrogen and oxygen atoms in total. The molecule has 1 saturated heterocycles. The van der Waals surface area contributed by atoms with Crippen LogP contribution in [0, 0.1) is 57.2 Å². The number of carbonyl (C=O) groups excluding carboxylic acids is 1. The van der Waals surface area contributed by atoms with Crippen LogP contribution < -0.4 is 0 Å². The Morgan fingerprint density at radius 2 is 1.22 bits per heavy atom. The van der Waals surface area contributed by atoms with Crippen LogP contribution in [-0.4, -0.2) is 48.2 Å². The average Bonchev–Trinajstić information content (AvgIpc) is 3.39. The van der Waals surface area contributed by atoms with Crippen molar-refractivity contribution in [2.75, 3.05) is 26.4 Å². The van der Waals surface area contributed by atoms with E-state index in [1.807, 2.05) is 0 Å². The number of Topliss-reactive ketones (excluding diaryl/α,β-unsaturated/α-hetero) is 1. The fourth-order valence-corrected chi connectivity index (χ4v) is 9.75. The lowest BCUT2D eigenvalue weighted by molar-refractivity contribution is -0.243. The summed E-state index contributed by atoms with van der Waals surface area (Å²) < 4.78 is 12.3. The van der Waals surface area contributed by atoms with Crippen LogP contribution in [0.4, 0.5) is 0 Å². The Morgan fingerprint density at radius 1 is 0.730 bits per heavy atom. The average molecular weight is 523 g/mol. The Labute approximate surface area is 227 Å². The standard InChI is InChI=1S/C16H28O2.C14H24O.C2H6O2/c1-11-14(2,3)12-7-6-8-16(17-9-10-18-16)13(12)15(11,4)5;1-9-13(2,3)10-7-6-8-11(15)12(10)14(9,4)5;3-1-2-4/h11-13H,6-10H2,1-5H3;9-10,12H,6-8H2,1-5H3;3-4H,1-2H2. The third kappa shape index (κ3) is 5.09. The first-order valence-electron chi connectivity index (χ1n) is 15.1. The highest BCUT2D eigenvalue weighted by Crippen LogP contribution is 2.68. The van der Waals surface area contributed by atoms with E-state index in [1.165, 1.54) is 19.3 Å². The molecule has 5 fully saturated rings. The SMILES string of the molecule is CC1C(C)(C)C2CCCC(=O)C2C1(C)C.CC1C(C)(C)C2CCCC3(OCCO3)C2C1(C)C.OCCO. The summed E-state index contributed by atoms with van der Waals surface area (Å²) in [6.45, 7) is 25.2. The molecule has 5 rings (SSSR count). The van der Waals surface area contributed by atoms with Gasteiger partial charge < -0.3 is 19.7 Å². The Kier molecular flexibility index (Phi) is 9.08. The predicted octanol–water partition coefficient (Wildman–Crippen LogP) is 6.49. The Balaban J connectivity index is 0.000000182. The highest BCUT2D eigenvalue weighted by Gasteiger charge is 2.66. The molecule has 0 amide bonds. The number of fused-ring (bicyclic) bond motifs is 3. The van der Waals surface area contributed by atoms with E-state index in [-0.39, 0.29) is 24.4 Å². The normalized spacial score (nSPS) is 39.6. The van der Waals surface area contributed by atoms with Crippen LogP contribution >= 0.6 is 0 Å². The van der Waals surface area contributed by atoms with E-state index >= 15 is 0 Å². The second-order valence-electron chi connectivity index (χ2n) is 15.1. The van der Waals surface area contributed by atoms with Crippen LogP contribution in [0.5, 0.6) is 0 Å². The lowest BCUT2D eigenvalue weighted by Gasteiger charge is -2.48. The fraction of sp³-hybridized carbons (Fsp3) is 0.969. The quantitative estimate of drug-likeness (QED) is 0.411. The van der Waals surface area contributed by atoms with Crippen molar-refractivity contribution in [1.29, 1.82) is 0 Å². The lowest BCUT2D eigenvalue weighted by Crippen LogP contribution is -2.50. The first kappa shape index (κ1) is 31.0. The maximum absolute atomic E-state index is 12.1. The molecule has 0 bridgehead atoms. The van der Waals surface area contributed by atoms with Gasteiger partial charge in [0.15, 0.2) is 5.79 Å². The van der Waals surface area contributed by atoms with Crippen LogP contribution in [-0.2, 0) is 14.3 Å². The van der Waals surface area contributed by atoms with Crippen LogP contribution in [0.2, 0.25) is 0 Å². The molecule has 5 heteroatoms. The van der Waals surface area contributed by atoms with Gasteiger partial charge in [-0.2, -0.15) is 0 Å². The zero-order valence-corrected chi connectivity index (χ0v) is 25.7. The fourth-order valence-electron chi connectivity index (χ4n) is 9.75. The van der Waals surface area contributed by atoms with Crippen molar-refractivity contribution in [3.63, 3.8) is 0 Å². The maximum Gasteiger partial charge on any atom is 0.172 e. The zero-order valence-electron chi connectivity index (χ0n) is 25.7. The molecule has 6 unspecified atom stereocenters. The summed E-state index contributed by atoms with van der Waals surface area (Å²) >= 11 is 0. The van der Waals surface area contributed by atoms with Crippen LogP contribution in [0.3, 0.4) is 0 Å². The zero-order chi connectivity index (χ0) is 28.0. The van der Waals surface area contributed by atoms with Gasteiger partial charge in [0, 0.05) is 24.7 Å². The molecule has 6 atom stereocenters. The summed E-state index contributed by atoms with van der Waals surface area (Å²) in [6.07, 6.45) is 6.91. The van der Waals surface area contributed by atoms with Crippen molar-refractivity contribution < 1.29 is 24.5 Å². The number of hydrogen-bond acceptors (Lipinski definition) is 5. The highest BCUT2D eigenvalue weighted by molar-refractivity contribution is 5.83. The number of ether oxygens (including phenoxy) is 2. The van der Waals surface area contributed by atoms with E-state index in [1.54, 1.807) is 0 Å². The van der Waals surface area contributed by atoms with Gasteiger partial charge in [-0.05, 0) is 71.0 Å². The first-order chi connectivity index (χ1) is 17.0. The minimum atomic E-state index is -0.256. The summed E-state index contributed by atoms with van der Waals surface area (Å²) in [5, 5.41) is 15.2. The molecule has 0 aromatic carbocycles. The Morgan fingerprint density at radius 3 is 1.73 bits per heavy atom. The third-order valence-electron chi connectivity index (χ3n) is 12.5. The Hall–Kier alpha value is -0.490. The van der Waals surface area contributed by atoms with Crippen molar-refractivity contribution in [3.8, 4) is 0 Å². The predicted molar refractivity (Wildman–Crippen MR) is 149 cm³/mol. The molecule has 0 aromatic rings. The molecule has 1 heterocycles. The number of ketones is 1. The molecular weight excluding hydrogens is 464 g/mol. The van der Waals surface area contributed by atoms with E-state index in [0.717, 1.165) is 38.4 Å². The van der Waals surface area contributed by atoms with Crippen molar-refractivity contribution in [3.05, 3.63) is 0 Å². The van der Waals surface area contributed by atoms with E-state index in [2.05, 4.69) is 69.2 Å². The number of hydrogen-bond donors (Lipinski definition) is 2. The Bertz CT molecular complexity index is 789. The number of aliphatic hydroxyl groups excluding tert-OH is 2. The summed E-state index contributed by atoms with van der Waals surface area (Å²) in [5.41, 5.74) is 1.24. The number of aliphatic hydroxyl groups is 2. The third-order valence-corrected chi connectivity index (χ3v) is 12.5. The second-order valence-corrected chi connectivity index (χ2v) is 15.1. The van der Waals surface area contributed by atoms with Crippen molar-refractivity contribution in [1.82, 2.24) is 0 Å². The van der Waals surface area contributed by atoms with Gasteiger partial charge in [0.25, 0.3) is 0 Å². The molecular formula is C32H58O5. The van der Waals surface area contributed by atoms with Gasteiger partial charge in [-0.25, -0.2) is 0 Å². The molecule has 1 aliphatic heterocycles. The van der Waals surface area contributed by atoms with Crippen LogP contribution in [0.1, 0.15) is 108 Å². The van der Waals surface area contributed by atoms with Crippen molar-refractivity contribution in [2.24, 2.45) is 57.2 Å². The molecule has 4 aliphatic carbocycles. The van der Waals surface area contributed by atoms with Crippen LogP contribution in [0.15, 0.2) is 0 Å². The summed E-state index contributed by atoms with van der Waals surface area (Å²) in [7, 11) is 0.